The fourth-order valence-electron chi connectivity index (χ4n) is 3.36. The van der Waals surface area contributed by atoms with Crippen molar-refractivity contribution in [2.75, 3.05) is 5.32 Å². The number of carbonyl (C=O) groups excluding carboxylic acids is 2. The van der Waals surface area contributed by atoms with Gasteiger partial charge < -0.3 is 15.4 Å². The molecule has 7 heteroatoms. The third-order valence-corrected chi connectivity index (χ3v) is 6.31. The molecule has 0 bridgehead atoms. The fraction of sp³-hybridized carbons (Fsp3) is 0.476. The van der Waals surface area contributed by atoms with Gasteiger partial charge in [0.15, 0.2) is 0 Å². The van der Waals surface area contributed by atoms with Crippen molar-refractivity contribution in [2.45, 2.75) is 58.1 Å². The Balaban J connectivity index is 1.30. The van der Waals surface area contributed by atoms with Gasteiger partial charge in [0.1, 0.15) is 6.10 Å². The Morgan fingerprint density at radius 3 is 2.68 bits per heavy atom. The van der Waals surface area contributed by atoms with Crippen LogP contribution in [0.25, 0.3) is 0 Å². The van der Waals surface area contributed by atoms with E-state index < -0.39 is 0 Å². The number of thiophene rings is 1. The predicted molar refractivity (Wildman–Crippen MR) is 109 cm³/mol. The van der Waals surface area contributed by atoms with Crippen molar-refractivity contribution >= 4 is 28.2 Å². The molecule has 0 aromatic carbocycles. The molecule has 2 aliphatic rings. The topological polar surface area (TPSA) is 80.3 Å². The Kier molecular flexibility index (Phi) is 5.62. The minimum atomic E-state index is -0.138. The molecule has 0 spiro atoms. The maximum Gasteiger partial charge on any atom is 0.261 e. The molecule has 0 unspecified atom stereocenters. The van der Waals surface area contributed by atoms with Gasteiger partial charge >= 0.3 is 0 Å². The van der Waals surface area contributed by atoms with Crippen LogP contribution < -0.4 is 15.4 Å². The van der Waals surface area contributed by atoms with E-state index in [-0.39, 0.29) is 23.8 Å². The van der Waals surface area contributed by atoms with Crippen molar-refractivity contribution in [3.05, 3.63) is 40.4 Å². The second-order valence-corrected chi connectivity index (χ2v) is 8.65. The van der Waals surface area contributed by atoms with Crippen LogP contribution in [0.4, 0.5) is 5.00 Å². The van der Waals surface area contributed by atoms with E-state index in [1.54, 1.807) is 6.20 Å². The van der Waals surface area contributed by atoms with Gasteiger partial charge in [-0.25, -0.2) is 4.98 Å². The van der Waals surface area contributed by atoms with E-state index in [0.717, 1.165) is 41.8 Å². The maximum atomic E-state index is 12.5. The Hall–Kier alpha value is -2.41. The van der Waals surface area contributed by atoms with Gasteiger partial charge in [0.25, 0.3) is 5.91 Å². The Labute approximate surface area is 168 Å². The molecule has 2 saturated carbocycles. The third-order valence-electron chi connectivity index (χ3n) is 5.16. The van der Waals surface area contributed by atoms with Crippen LogP contribution in [0.5, 0.6) is 5.88 Å². The zero-order valence-electron chi connectivity index (χ0n) is 16.0. The Morgan fingerprint density at radius 1 is 1.21 bits per heavy atom. The molecule has 2 N–H and O–H groups in total. The molecule has 0 radical (unpaired) electrons. The summed E-state index contributed by atoms with van der Waals surface area (Å²) in [4.78, 5) is 29.4. The average Bonchev–Trinajstić information content (AvgIpc) is 3.31. The van der Waals surface area contributed by atoms with Gasteiger partial charge in [-0.1, -0.05) is 6.07 Å². The Bertz CT molecular complexity index is 852. The number of pyridine rings is 1. The number of hydrogen-bond donors (Lipinski definition) is 2. The number of rotatable bonds is 7. The molecule has 148 valence electrons. The molecule has 2 aliphatic carbocycles. The SMILES string of the molecule is Cc1cc(NC(=O)C2CC2)sc1C(=O)NCc1ccc(OC2CCCC2)nc1. The van der Waals surface area contributed by atoms with E-state index >= 15 is 0 Å². The first kappa shape index (κ1) is 18.9. The lowest BCUT2D eigenvalue weighted by molar-refractivity contribution is -0.117. The summed E-state index contributed by atoms with van der Waals surface area (Å²) in [5.41, 5.74) is 1.79. The van der Waals surface area contributed by atoms with Crippen LogP contribution in [-0.4, -0.2) is 22.9 Å². The molecule has 2 heterocycles. The molecule has 6 nitrogen and oxygen atoms in total. The van der Waals surface area contributed by atoms with Crippen LogP contribution in [0.15, 0.2) is 24.4 Å². The highest BCUT2D eigenvalue weighted by atomic mass is 32.1. The molecular weight excluding hydrogens is 374 g/mol. The molecule has 0 saturated heterocycles. The number of ether oxygens (including phenoxy) is 1. The van der Waals surface area contributed by atoms with Gasteiger partial charge in [-0.05, 0) is 62.6 Å². The number of anilines is 1. The molecule has 0 atom stereocenters. The molecule has 28 heavy (non-hydrogen) atoms. The van der Waals surface area contributed by atoms with E-state index in [0.29, 0.717) is 17.3 Å². The summed E-state index contributed by atoms with van der Waals surface area (Å²) in [5.74, 6) is 0.708. The smallest absolute Gasteiger partial charge is 0.261 e. The van der Waals surface area contributed by atoms with E-state index in [2.05, 4.69) is 15.6 Å². The highest BCUT2D eigenvalue weighted by molar-refractivity contribution is 7.18. The van der Waals surface area contributed by atoms with Crippen molar-refractivity contribution in [3.63, 3.8) is 0 Å². The number of nitrogens with one attached hydrogen (secondary N) is 2. The molecule has 2 fully saturated rings. The predicted octanol–water partition coefficient (Wildman–Crippen LogP) is 4.05. The number of aromatic nitrogens is 1. The van der Waals surface area contributed by atoms with Gasteiger partial charge in [0, 0.05) is 24.7 Å². The second-order valence-electron chi connectivity index (χ2n) is 7.60. The fourth-order valence-corrected chi connectivity index (χ4v) is 4.35. The number of nitrogens with zero attached hydrogens (tertiary/aromatic N) is 1. The number of amides is 2. The number of aryl methyl sites for hydroxylation is 1. The van der Waals surface area contributed by atoms with E-state index in [4.69, 9.17) is 4.74 Å². The van der Waals surface area contributed by atoms with Gasteiger partial charge in [-0.3, -0.25) is 9.59 Å². The maximum absolute atomic E-state index is 12.5. The first-order valence-corrected chi connectivity index (χ1v) is 10.7. The lowest BCUT2D eigenvalue weighted by atomic mass is 10.2. The van der Waals surface area contributed by atoms with Crippen molar-refractivity contribution in [3.8, 4) is 5.88 Å². The lowest BCUT2D eigenvalue weighted by Gasteiger charge is -2.12. The zero-order valence-corrected chi connectivity index (χ0v) is 16.8. The monoisotopic (exact) mass is 399 g/mol. The Morgan fingerprint density at radius 2 is 2.00 bits per heavy atom. The van der Waals surface area contributed by atoms with Crippen LogP contribution in [0, 0.1) is 12.8 Å². The molecule has 2 amide bonds. The molecule has 0 aliphatic heterocycles. The molecule has 2 aromatic rings. The summed E-state index contributed by atoms with van der Waals surface area (Å²) >= 11 is 1.32. The zero-order chi connectivity index (χ0) is 19.5. The highest BCUT2D eigenvalue weighted by Gasteiger charge is 2.30. The second kappa shape index (κ2) is 8.31. The van der Waals surface area contributed by atoms with E-state index in [1.807, 2.05) is 25.1 Å². The summed E-state index contributed by atoms with van der Waals surface area (Å²) in [5, 5.41) is 6.56. The quantitative estimate of drug-likeness (QED) is 0.736. The van der Waals surface area contributed by atoms with Crippen LogP contribution in [-0.2, 0) is 11.3 Å². The third kappa shape index (κ3) is 4.70. The number of hydrogen-bond acceptors (Lipinski definition) is 5. The van der Waals surface area contributed by atoms with Crippen molar-refractivity contribution in [1.29, 1.82) is 0 Å². The summed E-state index contributed by atoms with van der Waals surface area (Å²) in [7, 11) is 0. The number of carbonyl (C=O) groups is 2. The van der Waals surface area contributed by atoms with Crippen molar-refractivity contribution in [2.24, 2.45) is 5.92 Å². The van der Waals surface area contributed by atoms with E-state index in [1.165, 1.54) is 24.2 Å². The van der Waals surface area contributed by atoms with Crippen LogP contribution in [0.3, 0.4) is 0 Å². The molecule has 2 aromatic heterocycles. The summed E-state index contributed by atoms with van der Waals surface area (Å²) in [6.07, 6.45) is 8.60. The minimum Gasteiger partial charge on any atom is -0.474 e. The highest BCUT2D eigenvalue weighted by Crippen LogP contribution is 2.32. The van der Waals surface area contributed by atoms with Gasteiger partial charge in [0.05, 0.1) is 9.88 Å². The van der Waals surface area contributed by atoms with E-state index in [9.17, 15) is 9.59 Å². The largest absolute Gasteiger partial charge is 0.474 e. The molecule has 4 rings (SSSR count). The van der Waals surface area contributed by atoms with Crippen molar-refractivity contribution in [1.82, 2.24) is 10.3 Å². The van der Waals surface area contributed by atoms with Crippen LogP contribution in [0.2, 0.25) is 0 Å². The summed E-state index contributed by atoms with van der Waals surface area (Å²) < 4.78 is 5.87. The normalized spacial score (nSPS) is 16.8. The van der Waals surface area contributed by atoms with Crippen molar-refractivity contribution < 1.29 is 14.3 Å². The van der Waals surface area contributed by atoms with Gasteiger partial charge in [-0.15, -0.1) is 11.3 Å². The minimum absolute atomic E-state index is 0.0548. The van der Waals surface area contributed by atoms with Crippen LogP contribution in [0.1, 0.15) is 59.3 Å². The summed E-state index contributed by atoms with van der Waals surface area (Å²) in [6, 6.07) is 5.65. The first-order chi connectivity index (χ1) is 13.6. The molecular formula is C21H25N3O3S. The standard InChI is InChI=1S/C21H25N3O3S/c1-13-10-18(24-20(25)15-7-8-15)28-19(13)21(26)23-12-14-6-9-17(22-11-14)27-16-4-2-3-5-16/h6,9-11,15-16H,2-5,7-8,12H2,1H3,(H,23,26)(H,24,25). The van der Waals surface area contributed by atoms with Gasteiger partial charge in [-0.2, -0.15) is 0 Å². The lowest BCUT2D eigenvalue weighted by Crippen LogP contribution is -2.22. The summed E-state index contributed by atoms with van der Waals surface area (Å²) in [6.45, 7) is 2.28. The van der Waals surface area contributed by atoms with Gasteiger partial charge in [0.2, 0.25) is 11.8 Å². The first-order valence-electron chi connectivity index (χ1n) is 9.89. The average molecular weight is 400 g/mol. The van der Waals surface area contributed by atoms with Crippen LogP contribution >= 0.6 is 11.3 Å².